The van der Waals surface area contributed by atoms with Crippen LogP contribution >= 0.6 is 11.6 Å². The molecule has 10 nitrogen and oxygen atoms in total. The van der Waals surface area contributed by atoms with Gasteiger partial charge in [-0.15, -0.1) is 0 Å². The SMILES string of the molecule is CCOCCOC(=O)C1C(C)=NC2=C(C(=O)CC(c3ccc(OC)c(OC)c3)C2)C1c1cc([N+](=O)[O-])ccc1Cl. The van der Waals surface area contributed by atoms with Crippen molar-refractivity contribution in [3.8, 4) is 11.5 Å². The molecule has 0 radical (unpaired) electrons. The van der Waals surface area contributed by atoms with Gasteiger partial charge in [0.15, 0.2) is 17.3 Å². The van der Waals surface area contributed by atoms with E-state index in [2.05, 4.69) is 0 Å². The molecule has 212 valence electrons. The van der Waals surface area contributed by atoms with E-state index in [0.717, 1.165) is 5.56 Å². The largest absolute Gasteiger partial charge is 0.493 e. The molecule has 2 aromatic rings. The second-order valence-electron chi connectivity index (χ2n) is 9.54. The van der Waals surface area contributed by atoms with Gasteiger partial charge in [-0.2, -0.15) is 0 Å². The van der Waals surface area contributed by atoms with Crippen molar-refractivity contribution in [2.45, 2.75) is 38.5 Å². The Morgan fingerprint density at radius 2 is 1.85 bits per heavy atom. The van der Waals surface area contributed by atoms with Gasteiger partial charge in [-0.25, -0.2) is 0 Å². The summed E-state index contributed by atoms with van der Waals surface area (Å²) in [5.74, 6) is -1.76. The van der Waals surface area contributed by atoms with Crippen molar-refractivity contribution in [1.82, 2.24) is 0 Å². The molecule has 0 fully saturated rings. The summed E-state index contributed by atoms with van der Waals surface area (Å²) >= 11 is 6.57. The molecule has 4 rings (SSSR count). The van der Waals surface area contributed by atoms with Crippen molar-refractivity contribution in [2.75, 3.05) is 34.0 Å². The molecular formula is C29H31ClN2O8. The van der Waals surface area contributed by atoms with Gasteiger partial charge in [0.1, 0.15) is 12.5 Å². The van der Waals surface area contributed by atoms with E-state index >= 15 is 0 Å². The average Bonchev–Trinajstić information content (AvgIpc) is 2.94. The molecule has 40 heavy (non-hydrogen) atoms. The number of esters is 1. The summed E-state index contributed by atoms with van der Waals surface area (Å²) in [6.07, 6.45) is 0.571. The molecule has 1 heterocycles. The van der Waals surface area contributed by atoms with Crippen LogP contribution in [0.3, 0.4) is 0 Å². The zero-order chi connectivity index (χ0) is 29.0. The van der Waals surface area contributed by atoms with Gasteiger partial charge in [0, 0.05) is 53.1 Å². The zero-order valence-electron chi connectivity index (χ0n) is 22.8. The molecule has 3 atom stereocenters. The average molecular weight is 571 g/mol. The van der Waals surface area contributed by atoms with Gasteiger partial charge < -0.3 is 18.9 Å². The number of ether oxygens (including phenoxy) is 4. The fraction of sp³-hybridized carbons (Fsp3) is 0.414. The zero-order valence-corrected chi connectivity index (χ0v) is 23.5. The lowest BCUT2D eigenvalue weighted by Gasteiger charge is -2.36. The minimum atomic E-state index is -0.985. The number of non-ortho nitro benzene ring substituents is 1. The van der Waals surface area contributed by atoms with Crippen LogP contribution in [0.5, 0.6) is 11.5 Å². The van der Waals surface area contributed by atoms with Gasteiger partial charge in [-0.05, 0) is 55.5 Å². The molecule has 1 aliphatic heterocycles. The van der Waals surface area contributed by atoms with Crippen LogP contribution in [0, 0.1) is 16.0 Å². The first-order valence-electron chi connectivity index (χ1n) is 12.9. The quantitative estimate of drug-likeness (QED) is 0.160. The smallest absolute Gasteiger partial charge is 0.315 e. The molecule has 0 N–H and O–H groups in total. The van der Waals surface area contributed by atoms with Crippen LogP contribution in [0.2, 0.25) is 5.02 Å². The Morgan fingerprint density at radius 1 is 1.10 bits per heavy atom. The van der Waals surface area contributed by atoms with Crippen LogP contribution in [-0.2, 0) is 19.1 Å². The second-order valence-corrected chi connectivity index (χ2v) is 9.95. The number of hydrogen-bond acceptors (Lipinski definition) is 9. The third kappa shape index (κ3) is 5.88. The molecule has 0 saturated heterocycles. The molecule has 11 heteroatoms. The molecule has 0 amide bonds. The fourth-order valence-electron chi connectivity index (χ4n) is 5.36. The van der Waals surface area contributed by atoms with Gasteiger partial charge in [-0.3, -0.25) is 24.7 Å². The third-order valence-electron chi connectivity index (χ3n) is 7.22. The van der Waals surface area contributed by atoms with Crippen molar-refractivity contribution in [3.05, 3.63) is 73.9 Å². The Morgan fingerprint density at radius 3 is 2.52 bits per heavy atom. The highest BCUT2D eigenvalue weighted by atomic mass is 35.5. The first-order valence-corrected chi connectivity index (χ1v) is 13.3. The van der Waals surface area contributed by atoms with E-state index in [0.29, 0.717) is 47.1 Å². The monoisotopic (exact) mass is 570 g/mol. The van der Waals surface area contributed by atoms with Crippen LogP contribution in [0.4, 0.5) is 5.69 Å². The number of carbonyl (C=O) groups is 2. The number of nitrogens with zero attached hydrogens (tertiary/aromatic N) is 2. The van der Waals surface area contributed by atoms with Crippen LogP contribution < -0.4 is 9.47 Å². The Balaban J connectivity index is 1.78. The predicted molar refractivity (Wildman–Crippen MR) is 148 cm³/mol. The van der Waals surface area contributed by atoms with Gasteiger partial charge in [-0.1, -0.05) is 17.7 Å². The minimum Gasteiger partial charge on any atom is -0.493 e. The van der Waals surface area contributed by atoms with Crippen molar-refractivity contribution in [2.24, 2.45) is 10.9 Å². The van der Waals surface area contributed by atoms with Crippen molar-refractivity contribution >= 4 is 34.8 Å². The number of benzene rings is 2. The molecule has 2 aliphatic rings. The number of nitro groups is 1. The van der Waals surface area contributed by atoms with Gasteiger partial charge >= 0.3 is 5.97 Å². The van der Waals surface area contributed by atoms with E-state index in [1.165, 1.54) is 18.2 Å². The Bertz CT molecular complexity index is 1390. The Hall–Kier alpha value is -3.76. The van der Waals surface area contributed by atoms with E-state index < -0.39 is 22.7 Å². The normalized spacial score (nSPS) is 20.5. The number of rotatable bonds is 10. The van der Waals surface area contributed by atoms with Crippen molar-refractivity contribution in [1.29, 1.82) is 0 Å². The number of methoxy groups -OCH3 is 2. The molecule has 2 aromatic carbocycles. The Labute approximate surface area is 237 Å². The molecular weight excluding hydrogens is 540 g/mol. The standard InChI is InChI=1S/C29H31ClN2O8/c1-5-39-10-11-40-29(34)26-16(2)31-22-12-18(17-6-9-24(37-3)25(14-17)38-4)13-23(33)28(22)27(26)20-15-19(32(35)36)7-8-21(20)30/h6-9,14-15,18,26-27H,5,10-13H2,1-4H3. The highest BCUT2D eigenvalue weighted by molar-refractivity contribution is 6.31. The summed E-state index contributed by atoms with van der Waals surface area (Å²) in [4.78, 5) is 43.0. The number of aliphatic imine (C=N–C) groups is 1. The lowest BCUT2D eigenvalue weighted by molar-refractivity contribution is -0.384. The first kappa shape index (κ1) is 29.2. The van der Waals surface area contributed by atoms with E-state index in [9.17, 15) is 19.7 Å². The number of carbonyl (C=O) groups excluding carboxylic acids is 2. The van der Waals surface area contributed by atoms with Crippen LogP contribution in [-0.4, -0.2) is 56.4 Å². The first-order chi connectivity index (χ1) is 19.2. The van der Waals surface area contributed by atoms with Crippen LogP contribution in [0.15, 0.2) is 52.7 Å². The topological polar surface area (TPSA) is 127 Å². The van der Waals surface area contributed by atoms with Crippen molar-refractivity contribution in [3.63, 3.8) is 0 Å². The fourth-order valence-corrected chi connectivity index (χ4v) is 5.60. The highest BCUT2D eigenvalue weighted by Gasteiger charge is 2.46. The van der Waals surface area contributed by atoms with Crippen molar-refractivity contribution < 1.29 is 33.5 Å². The van der Waals surface area contributed by atoms with Crippen LogP contribution in [0.25, 0.3) is 0 Å². The molecule has 0 aromatic heterocycles. The van der Waals surface area contributed by atoms with E-state index in [-0.39, 0.29) is 42.0 Å². The van der Waals surface area contributed by atoms with Crippen LogP contribution in [0.1, 0.15) is 49.7 Å². The Kier molecular flexibility index (Phi) is 9.21. The van der Waals surface area contributed by atoms with E-state index in [4.69, 9.17) is 35.5 Å². The van der Waals surface area contributed by atoms with E-state index in [1.807, 2.05) is 19.1 Å². The lowest BCUT2D eigenvalue weighted by atomic mass is 9.69. The number of halogens is 1. The summed E-state index contributed by atoms with van der Waals surface area (Å²) in [6, 6.07) is 9.54. The maximum Gasteiger partial charge on any atom is 0.315 e. The lowest BCUT2D eigenvalue weighted by Crippen LogP contribution is -2.38. The number of nitro benzene ring substituents is 1. The summed E-state index contributed by atoms with van der Waals surface area (Å²) in [5, 5.41) is 11.8. The number of Topliss-reactive ketones (excluding diaryl/α,β-unsaturated/α-hetero) is 1. The number of allylic oxidation sites excluding steroid dienone is 2. The number of hydrogen-bond donors (Lipinski definition) is 0. The maximum absolute atomic E-state index is 13.8. The summed E-state index contributed by atoms with van der Waals surface area (Å²) < 4.78 is 21.6. The molecule has 1 aliphatic carbocycles. The number of ketones is 1. The van der Waals surface area contributed by atoms with Gasteiger partial charge in [0.05, 0.1) is 25.7 Å². The maximum atomic E-state index is 13.8. The predicted octanol–water partition coefficient (Wildman–Crippen LogP) is 5.42. The summed E-state index contributed by atoms with van der Waals surface area (Å²) in [6.45, 7) is 4.23. The minimum absolute atomic E-state index is 0.0209. The van der Waals surface area contributed by atoms with E-state index in [1.54, 1.807) is 27.2 Å². The molecule has 0 spiro atoms. The summed E-state index contributed by atoms with van der Waals surface area (Å²) in [5.41, 5.74) is 2.29. The highest BCUT2D eigenvalue weighted by Crippen LogP contribution is 2.49. The third-order valence-corrected chi connectivity index (χ3v) is 7.57. The molecule has 0 saturated carbocycles. The molecule has 3 unspecified atom stereocenters. The van der Waals surface area contributed by atoms with Gasteiger partial charge in [0.2, 0.25) is 0 Å². The van der Waals surface area contributed by atoms with Gasteiger partial charge in [0.25, 0.3) is 5.69 Å². The second kappa shape index (κ2) is 12.6. The summed E-state index contributed by atoms with van der Waals surface area (Å²) in [7, 11) is 3.10. The molecule has 0 bridgehead atoms.